The Labute approximate surface area is 221 Å². The van der Waals surface area contributed by atoms with Crippen molar-refractivity contribution in [1.82, 2.24) is 9.88 Å². The van der Waals surface area contributed by atoms with E-state index in [1.54, 1.807) is 41.6 Å². The minimum atomic E-state index is -0.531. The van der Waals surface area contributed by atoms with E-state index in [1.165, 1.54) is 21.3 Å². The number of carbonyl (C=O) groups is 2. The van der Waals surface area contributed by atoms with E-state index in [0.717, 1.165) is 21.9 Å². The molecule has 0 spiro atoms. The Hall–Kier alpha value is -4.59. The third kappa shape index (κ3) is 5.25. The number of ketones is 1. The van der Waals surface area contributed by atoms with Gasteiger partial charge in [-0.3, -0.25) is 9.78 Å². The van der Waals surface area contributed by atoms with E-state index >= 15 is 0 Å². The molecule has 4 rings (SSSR count). The number of hydrogen-bond acceptors (Lipinski definition) is 7. The van der Waals surface area contributed by atoms with Crippen LogP contribution in [0.2, 0.25) is 0 Å². The van der Waals surface area contributed by atoms with Crippen molar-refractivity contribution >= 4 is 22.6 Å². The van der Waals surface area contributed by atoms with Crippen LogP contribution in [0.5, 0.6) is 23.0 Å². The zero-order valence-electron chi connectivity index (χ0n) is 22.1. The van der Waals surface area contributed by atoms with Gasteiger partial charge >= 0.3 is 6.09 Å². The van der Waals surface area contributed by atoms with Crippen LogP contribution in [0.1, 0.15) is 29.8 Å². The Morgan fingerprint density at radius 2 is 1.50 bits per heavy atom. The molecule has 0 bridgehead atoms. The van der Waals surface area contributed by atoms with E-state index in [2.05, 4.69) is 4.98 Å². The summed E-state index contributed by atoms with van der Waals surface area (Å²) in [4.78, 5) is 32.5. The molecule has 4 aromatic rings. The summed E-state index contributed by atoms with van der Waals surface area (Å²) in [6, 6.07) is 16.3. The lowest BCUT2D eigenvalue weighted by Gasteiger charge is -2.20. The van der Waals surface area contributed by atoms with Crippen LogP contribution in [0.15, 0.2) is 67.0 Å². The molecule has 0 aliphatic heterocycles. The van der Waals surface area contributed by atoms with Crippen LogP contribution in [-0.4, -0.2) is 56.2 Å². The number of methoxy groups -OCH3 is 3. The largest absolute Gasteiger partial charge is 0.493 e. The zero-order chi connectivity index (χ0) is 27.2. The Kier molecular flexibility index (Phi) is 8.11. The van der Waals surface area contributed by atoms with Crippen LogP contribution < -0.4 is 18.9 Å². The van der Waals surface area contributed by atoms with Gasteiger partial charge in [0.1, 0.15) is 5.75 Å². The normalized spacial score (nSPS) is 10.7. The van der Waals surface area contributed by atoms with Crippen LogP contribution in [0.25, 0.3) is 21.9 Å². The Morgan fingerprint density at radius 1 is 0.789 bits per heavy atom. The van der Waals surface area contributed by atoms with Crippen LogP contribution in [0.4, 0.5) is 4.79 Å². The van der Waals surface area contributed by atoms with Gasteiger partial charge in [0.05, 0.1) is 26.9 Å². The molecule has 0 radical (unpaired) electrons. The number of benzene rings is 3. The molecule has 1 amide bonds. The Morgan fingerprint density at radius 3 is 2.08 bits per heavy atom. The van der Waals surface area contributed by atoms with Gasteiger partial charge in [-0.2, -0.15) is 0 Å². The Bertz CT molecular complexity index is 1440. The summed E-state index contributed by atoms with van der Waals surface area (Å²) in [5.41, 5.74) is 2.44. The van der Waals surface area contributed by atoms with Crippen LogP contribution in [0, 0.1) is 0 Å². The molecule has 1 aromatic heterocycles. The van der Waals surface area contributed by atoms with Crippen LogP contribution in [0.3, 0.4) is 0 Å². The van der Waals surface area contributed by atoms with Gasteiger partial charge in [0.2, 0.25) is 5.75 Å². The number of amides is 1. The maximum absolute atomic E-state index is 13.9. The summed E-state index contributed by atoms with van der Waals surface area (Å²) in [5, 5.41) is 1.63. The van der Waals surface area contributed by atoms with E-state index < -0.39 is 6.09 Å². The molecule has 0 fully saturated rings. The molecule has 1 heterocycles. The highest BCUT2D eigenvalue weighted by Gasteiger charge is 2.23. The molecule has 3 aromatic carbocycles. The number of aromatic nitrogens is 1. The van der Waals surface area contributed by atoms with Gasteiger partial charge in [-0.1, -0.05) is 18.2 Å². The monoisotopic (exact) mass is 514 g/mol. The van der Waals surface area contributed by atoms with Crippen molar-refractivity contribution < 1.29 is 28.5 Å². The Balaban J connectivity index is 1.87. The van der Waals surface area contributed by atoms with E-state index in [4.69, 9.17) is 18.9 Å². The number of rotatable bonds is 9. The van der Waals surface area contributed by atoms with Gasteiger partial charge in [-0.25, -0.2) is 4.79 Å². The molecule has 0 aliphatic carbocycles. The fraction of sp³-hybridized carbons (Fsp3) is 0.233. The maximum Gasteiger partial charge on any atom is 0.415 e. The van der Waals surface area contributed by atoms with Gasteiger partial charge < -0.3 is 23.8 Å². The molecule has 0 unspecified atom stereocenters. The van der Waals surface area contributed by atoms with Crippen molar-refractivity contribution in [3.05, 3.63) is 78.1 Å². The second-order valence-electron chi connectivity index (χ2n) is 8.44. The zero-order valence-corrected chi connectivity index (χ0v) is 22.1. The topological polar surface area (TPSA) is 87.2 Å². The first-order valence-electron chi connectivity index (χ1n) is 12.2. The molecule has 8 nitrogen and oxygen atoms in total. The van der Waals surface area contributed by atoms with Gasteiger partial charge in [-0.15, -0.1) is 0 Å². The smallest absolute Gasteiger partial charge is 0.415 e. The second-order valence-corrected chi connectivity index (χ2v) is 8.44. The predicted molar refractivity (Wildman–Crippen MR) is 146 cm³/mol. The highest BCUT2D eigenvalue weighted by molar-refractivity contribution is 6.13. The van der Waals surface area contributed by atoms with E-state index in [-0.39, 0.29) is 17.1 Å². The lowest BCUT2D eigenvalue weighted by molar-refractivity contribution is 0.103. The minimum Gasteiger partial charge on any atom is -0.493 e. The SMILES string of the molecule is CCN(CC)C(=O)Oc1cc2cc(-c3cccnc3)ccc2cc1C(=O)c1cc(OC)c(OC)c(OC)c1. The fourth-order valence-electron chi connectivity index (χ4n) is 4.26. The highest BCUT2D eigenvalue weighted by atomic mass is 16.6. The number of ether oxygens (including phenoxy) is 4. The lowest BCUT2D eigenvalue weighted by Crippen LogP contribution is -2.33. The number of carbonyl (C=O) groups excluding carboxylic acids is 2. The number of pyridine rings is 1. The predicted octanol–water partition coefficient (Wildman–Crippen LogP) is 6.00. The van der Waals surface area contributed by atoms with Crippen molar-refractivity contribution in [2.45, 2.75) is 13.8 Å². The fourth-order valence-corrected chi connectivity index (χ4v) is 4.26. The maximum atomic E-state index is 13.9. The summed E-state index contributed by atoms with van der Waals surface area (Å²) in [6.07, 6.45) is 2.97. The molecule has 0 aliphatic rings. The van der Waals surface area contributed by atoms with E-state index in [9.17, 15) is 9.59 Å². The summed E-state index contributed by atoms with van der Waals surface area (Å²) in [5.74, 6) is 0.875. The summed E-state index contributed by atoms with van der Waals surface area (Å²) < 4.78 is 22.1. The molecule has 0 saturated heterocycles. The summed E-state index contributed by atoms with van der Waals surface area (Å²) >= 11 is 0. The molecule has 8 heteroatoms. The molecule has 0 saturated carbocycles. The number of hydrogen-bond donors (Lipinski definition) is 0. The summed E-state index contributed by atoms with van der Waals surface area (Å²) in [6.45, 7) is 4.69. The third-order valence-corrected chi connectivity index (χ3v) is 6.32. The van der Waals surface area contributed by atoms with E-state index in [1.807, 2.05) is 44.2 Å². The number of fused-ring (bicyclic) bond motifs is 1. The molecular formula is C30H30N2O6. The standard InChI is InChI=1S/C30H30N2O6/c1-6-32(7-2)30(34)38-25-15-22-13-19(21-9-8-12-31-18-21)10-11-20(22)14-24(25)28(33)23-16-26(35-3)29(37-5)27(17-23)36-4/h8-18H,6-7H2,1-5H3. The first-order chi connectivity index (χ1) is 18.4. The molecule has 0 atom stereocenters. The van der Waals surface area contributed by atoms with Gasteiger partial charge in [0.15, 0.2) is 17.3 Å². The van der Waals surface area contributed by atoms with Crippen molar-refractivity contribution in [2.24, 2.45) is 0 Å². The first-order valence-corrected chi connectivity index (χ1v) is 12.2. The quantitative estimate of drug-likeness (QED) is 0.253. The van der Waals surface area contributed by atoms with Gasteiger partial charge in [-0.05, 0) is 66.6 Å². The average molecular weight is 515 g/mol. The molecule has 196 valence electrons. The van der Waals surface area contributed by atoms with Crippen molar-refractivity contribution in [3.8, 4) is 34.1 Å². The third-order valence-electron chi connectivity index (χ3n) is 6.32. The van der Waals surface area contributed by atoms with Crippen molar-refractivity contribution in [2.75, 3.05) is 34.4 Å². The highest BCUT2D eigenvalue weighted by Crippen LogP contribution is 2.40. The van der Waals surface area contributed by atoms with Crippen LogP contribution in [-0.2, 0) is 0 Å². The number of nitrogens with zero attached hydrogens (tertiary/aromatic N) is 2. The van der Waals surface area contributed by atoms with Crippen LogP contribution >= 0.6 is 0 Å². The average Bonchev–Trinajstić information content (AvgIpc) is 2.96. The van der Waals surface area contributed by atoms with E-state index in [0.29, 0.717) is 35.9 Å². The van der Waals surface area contributed by atoms with Gasteiger partial charge in [0.25, 0.3) is 0 Å². The van der Waals surface area contributed by atoms with Crippen molar-refractivity contribution in [1.29, 1.82) is 0 Å². The summed E-state index contributed by atoms with van der Waals surface area (Å²) in [7, 11) is 4.47. The molecule has 0 N–H and O–H groups in total. The molecule has 38 heavy (non-hydrogen) atoms. The first kappa shape index (κ1) is 26.5. The van der Waals surface area contributed by atoms with Gasteiger partial charge in [0, 0.05) is 36.6 Å². The second kappa shape index (κ2) is 11.6. The molecular weight excluding hydrogens is 484 g/mol. The lowest BCUT2D eigenvalue weighted by atomic mass is 9.96. The van der Waals surface area contributed by atoms with Crippen molar-refractivity contribution in [3.63, 3.8) is 0 Å². The minimum absolute atomic E-state index is 0.163.